The molecule has 19 heavy (non-hydrogen) atoms. The van der Waals surface area contributed by atoms with Gasteiger partial charge >= 0.3 is 0 Å². The highest BCUT2D eigenvalue weighted by atomic mass is 16.5. The first-order chi connectivity index (χ1) is 9.31. The average Bonchev–Trinajstić information content (AvgIpc) is 2.47. The average molecular weight is 258 g/mol. The van der Waals surface area contributed by atoms with Crippen LogP contribution in [0.4, 0.5) is 0 Å². The molecule has 0 aromatic heterocycles. The molecule has 1 aliphatic rings. The topological polar surface area (TPSA) is 38.5 Å². The molecule has 0 bridgehead atoms. The quantitative estimate of drug-likeness (QED) is 0.837. The highest BCUT2D eigenvalue weighted by molar-refractivity contribution is 5.41. The molecular weight excluding hydrogens is 236 g/mol. The van der Waals surface area contributed by atoms with E-state index in [-0.39, 0.29) is 0 Å². The molecule has 0 unspecified atom stereocenters. The molecule has 0 spiro atoms. The zero-order valence-electron chi connectivity index (χ0n) is 11.6. The van der Waals surface area contributed by atoms with Crippen LogP contribution in [-0.4, -0.2) is 37.7 Å². The molecule has 0 saturated carbocycles. The Morgan fingerprint density at radius 1 is 1.32 bits per heavy atom. The molecule has 0 amide bonds. The molecule has 1 fully saturated rings. The maximum absolute atomic E-state index is 5.45. The van der Waals surface area contributed by atoms with Gasteiger partial charge in [-0.15, -0.1) is 0 Å². The van der Waals surface area contributed by atoms with Crippen molar-refractivity contribution >= 4 is 0 Å². The van der Waals surface area contributed by atoms with E-state index in [1.165, 1.54) is 5.56 Å². The Morgan fingerprint density at radius 2 is 2.05 bits per heavy atom. The zero-order valence-corrected chi connectivity index (χ0v) is 11.6. The van der Waals surface area contributed by atoms with Crippen LogP contribution in [0.25, 0.3) is 0 Å². The lowest BCUT2D eigenvalue weighted by atomic mass is 10.0. The summed E-state index contributed by atoms with van der Waals surface area (Å²) in [5.74, 6) is 6.09. The Morgan fingerprint density at radius 3 is 2.79 bits per heavy atom. The van der Waals surface area contributed by atoms with Gasteiger partial charge in [-0.1, -0.05) is 30.0 Å². The molecule has 1 aliphatic heterocycles. The lowest BCUT2D eigenvalue weighted by Gasteiger charge is -2.31. The highest BCUT2D eigenvalue weighted by Crippen LogP contribution is 2.17. The van der Waals surface area contributed by atoms with Crippen LogP contribution in [-0.2, 0) is 11.3 Å². The summed E-state index contributed by atoms with van der Waals surface area (Å²) < 4.78 is 5.41. The molecule has 0 radical (unpaired) electrons. The first-order valence-corrected chi connectivity index (χ1v) is 6.86. The third-order valence-electron chi connectivity index (χ3n) is 3.58. The summed E-state index contributed by atoms with van der Waals surface area (Å²) in [6.45, 7) is 3.09. The maximum atomic E-state index is 5.45. The van der Waals surface area contributed by atoms with Crippen molar-refractivity contribution in [3.8, 4) is 11.8 Å². The van der Waals surface area contributed by atoms with E-state index >= 15 is 0 Å². The second-order valence-corrected chi connectivity index (χ2v) is 4.92. The summed E-state index contributed by atoms with van der Waals surface area (Å²) in [4.78, 5) is 2.41. The third-order valence-corrected chi connectivity index (χ3v) is 3.58. The van der Waals surface area contributed by atoms with Crippen molar-refractivity contribution in [3.05, 3.63) is 35.4 Å². The fraction of sp³-hybridized carbons (Fsp3) is 0.500. The van der Waals surface area contributed by atoms with Crippen molar-refractivity contribution in [3.63, 3.8) is 0 Å². The molecule has 1 aromatic carbocycles. The summed E-state index contributed by atoms with van der Waals surface area (Å²) in [6, 6.07) is 8.93. The molecule has 2 rings (SSSR count). The lowest BCUT2D eigenvalue weighted by Crippen LogP contribution is -2.36. The van der Waals surface area contributed by atoms with Gasteiger partial charge in [-0.05, 0) is 31.5 Å². The SMILES string of the molecule is CN(Cc1ccccc1C#CCN)C1CCOCC1. The summed E-state index contributed by atoms with van der Waals surface area (Å²) in [5, 5.41) is 0. The molecule has 2 N–H and O–H groups in total. The van der Waals surface area contributed by atoms with Crippen molar-refractivity contribution in [2.75, 3.05) is 26.8 Å². The van der Waals surface area contributed by atoms with Gasteiger partial charge in [0.25, 0.3) is 0 Å². The minimum Gasteiger partial charge on any atom is -0.381 e. The van der Waals surface area contributed by atoms with Crippen LogP contribution in [0.3, 0.4) is 0 Å². The monoisotopic (exact) mass is 258 g/mol. The second-order valence-electron chi connectivity index (χ2n) is 4.92. The van der Waals surface area contributed by atoms with Gasteiger partial charge in [-0.3, -0.25) is 4.90 Å². The van der Waals surface area contributed by atoms with Crippen LogP contribution in [0.1, 0.15) is 24.0 Å². The summed E-state index contributed by atoms with van der Waals surface area (Å²) in [5.41, 5.74) is 7.81. The van der Waals surface area contributed by atoms with Crippen LogP contribution in [0.5, 0.6) is 0 Å². The van der Waals surface area contributed by atoms with Crippen LogP contribution in [0.15, 0.2) is 24.3 Å². The van der Waals surface area contributed by atoms with Crippen LogP contribution >= 0.6 is 0 Å². The van der Waals surface area contributed by atoms with Gasteiger partial charge in [-0.25, -0.2) is 0 Å². The molecule has 3 heteroatoms. The van der Waals surface area contributed by atoms with Crippen molar-refractivity contribution in [2.45, 2.75) is 25.4 Å². The minimum atomic E-state index is 0.407. The second kappa shape index (κ2) is 7.30. The molecule has 1 heterocycles. The Bertz CT molecular complexity index is 455. The van der Waals surface area contributed by atoms with Gasteiger partial charge in [-0.2, -0.15) is 0 Å². The van der Waals surface area contributed by atoms with Crippen molar-refractivity contribution < 1.29 is 4.74 Å². The van der Waals surface area contributed by atoms with E-state index in [1.54, 1.807) is 0 Å². The third kappa shape index (κ3) is 4.07. The van der Waals surface area contributed by atoms with Crippen molar-refractivity contribution in [1.29, 1.82) is 0 Å². The van der Waals surface area contributed by atoms with E-state index in [9.17, 15) is 0 Å². The summed E-state index contributed by atoms with van der Waals surface area (Å²) >= 11 is 0. The van der Waals surface area contributed by atoms with E-state index in [4.69, 9.17) is 10.5 Å². The van der Waals surface area contributed by atoms with Crippen LogP contribution in [0, 0.1) is 11.8 Å². The zero-order chi connectivity index (χ0) is 13.5. The highest BCUT2D eigenvalue weighted by Gasteiger charge is 2.18. The maximum Gasteiger partial charge on any atom is 0.0555 e. The minimum absolute atomic E-state index is 0.407. The van der Waals surface area contributed by atoms with Gasteiger partial charge in [0.1, 0.15) is 0 Å². The van der Waals surface area contributed by atoms with Gasteiger partial charge in [0, 0.05) is 31.4 Å². The Kier molecular flexibility index (Phi) is 5.41. The van der Waals surface area contributed by atoms with Crippen molar-refractivity contribution in [1.82, 2.24) is 4.90 Å². The fourth-order valence-electron chi connectivity index (χ4n) is 2.45. The summed E-state index contributed by atoms with van der Waals surface area (Å²) in [6.07, 6.45) is 2.24. The standard InChI is InChI=1S/C16H22N2O/c1-18(16-8-11-19-12-9-16)13-15-6-3-2-5-14(15)7-4-10-17/h2-3,5-6,16H,8-13,17H2,1H3. The molecule has 0 atom stereocenters. The van der Waals surface area contributed by atoms with Crippen LogP contribution < -0.4 is 5.73 Å². The number of hydrogen-bond acceptors (Lipinski definition) is 3. The van der Waals surface area contributed by atoms with Crippen molar-refractivity contribution in [2.24, 2.45) is 5.73 Å². The molecule has 3 nitrogen and oxygen atoms in total. The van der Waals surface area contributed by atoms with Gasteiger partial charge in [0.15, 0.2) is 0 Å². The molecule has 0 aliphatic carbocycles. The first kappa shape index (κ1) is 14.1. The normalized spacial score (nSPS) is 16.2. The lowest BCUT2D eigenvalue weighted by molar-refractivity contribution is 0.0407. The number of rotatable bonds is 3. The summed E-state index contributed by atoms with van der Waals surface area (Å²) in [7, 11) is 2.18. The number of nitrogens with two attached hydrogens (primary N) is 1. The number of benzene rings is 1. The van der Waals surface area contributed by atoms with E-state index in [2.05, 4.69) is 42.0 Å². The van der Waals surface area contributed by atoms with E-state index < -0.39 is 0 Å². The van der Waals surface area contributed by atoms with Crippen LogP contribution in [0.2, 0.25) is 0 Å². The molecular formula is C16H22N2O. The van der Waals surface area contributed by atoms with E-state index in [0.29, 0.717) is 12.6 Å². The Labute approximate surface area is 115 Å². The number of nitrogens with zero attached hydrogens (tertiary/aromatic N) is 1. The predicted octanol–water partition coefficient (Wildman–Crippen LogP) is 1.61. The number of ether oxygens (including phenoxy) is 1. The largest absolute Gasteiger partial charge is 0.381 e. The molecule has 102 valence electrons. The van der Waals surface area contributed by atoms with Gasteiger partial charge in [0.05, 0.1) is 6.54 Å². The number of hydrogen-bond donors (Lipinski definition) is 1. The predicted molar refractivity (Wildman–Crippen MR) is 77.7 cm³/mol. The first-order valence-electron chi connectivity index (χ1n) is 6.86. The fourth-order valence-corrected chi connectivity index (χ4v) is 2.45. The van der Waals surface area contributed by atoms with E-state index in [0.717, 1.165) is 38.2 Å². The smallest absolute Gasteiger partial charge is 0.0555 e. The molecule has 1 aromatic rings. The Hall–Kier alpha value is -1.34. The Balaban J connectivity index is 2.05. The van der Waals surface area contributed by atoms with Gasteiger partial charge < -0.3 is 10.5 Å². The van der Waals surface area contributed by atoms with E-state index in [1.807, 2.05) is 6.07 Å². The molecule has 1 saturated heterocycles. The van der Waals surface area contributed by atoms with Gasteiger partial charge in [0.2, 0.25) is 0 Å².